The summed E-state index contributed by atoms with van der Waals surface area (Å²) in [6, 6.07) is 8.95. The lowest BCUT2D eigenvalue weighted by atomic mass is 10.1. The minimum atomic E-state index is -3.51. The zero-order valence-electron chi connectivity index (χ0n) is 14.8. The first kappa shape index (κ1) is 18.4. The van der Waals surface area contributed by atoms with Crippen LogP contribution in [-0.2, 0) is 9.84 Å². The summed E-state index contributed by atoms with van der Waals surface area (Å²) in [7, 11) is -3.51. The summed E-state index contributed by atoms with van der Waals surface area (Å²) in [5, 5.41) is 2.68. The zero-order valence-corrected chi connectivity index (χ0v) is 15.6. The van der Waals surface area contributed by atoms with E-state index in [4.69, 9.17) is 0 Å². The third kappa shape index (κ3) is 4.40. The molecule has 7 heteroatoms. The Morgan fingerprint density at radius 3 is 2.50 bits per heavy atom. The highest BCUT2D eigenvalue weighted by atomic mass is 32.2. The van der Waals surface area contributed by atoms with Crippen molar-refractivity contribution in [3.8, 4) is 0 Å². The van der Waals surface area contributed by atoms with Crippen molar-refractivity contribution in [2.45, 2.75) is 43.5 Å². The summed E-state index contributed by atoms with van der Waals surface area (Å²) in [6.07, 6.45) is 2.01. The van der Waals surface area contributed by atoms with Crippen LogP contribution in [0.3, 0.4) is 0 Å². The highest BCUT2D eigenvalue weighted by Gasteiger charge is 2.26. The van der Waals surface area contributed by atoms with Crippen LogP contribution in [0.1, 0.15) is 47.3 Å². The number of pyridine rings is 1. The molecule has 1 saturated carbocycles. The molecule has 2 aromatic rings. The Bertz CT molecular complexity index is 973. The molecule has 1 aromatic heterocycles. The van der Waals surface area contributed by atoms with E-state index in [0.29, 0.717) is 5.92 Å². The molecule has 0 aliphatic heterocycles. The second-order valence-corrected chi connectivity index (χ2v) is 8.97. The van der Waals surface area contributed by atoms with E-state index in [2.05, 4.69) is 10.3 Å². The molecular formula is C19H22N2O4S. The van der Waals surface area contributed by atoms with Gasteiger partial charge >= 0.3 is 0 Å². The Kier molecular flexibility index (Phi) is 5.00. The molecule has 6 nitrogen and oxygen atoms in total. The number of nitrogens with one attached hydrogen (secondary N) is 2. The quantitative estimate of drug-likeness (QED) is 0.810. The van der Waals surface area contributed by atoms with E-state index >= 15 is 0 Å². The predicted octanol–water partition coefficient (Wildman–Crippen LogP) is 2.15. The van der Waals surface area contributed by atoms with Crippen molar-refractivity contribution in [3.63, 3.8) is 0 Å². The van der Waals surface area contributed by atoms with Crippen molar-refractivity contribution < 1.29 is 13.2 Å². The summed E-state index contributed by atoms with van der Waals surface area (Å²) in [4.78, 5) is 27.1. The van der Waals surface area contributed by atoms with Crippen LogP contribution in [-0.4, -0.2) is 31.1 Å². The number of benzene rings is 1. The number of aromatic amines is 1. The van der Waals surface area contributed by atoms with E-state index in [0.717, 1.165) is 24.1 Å². The van der Waals surface area contributed by atoms with Gasteiger partial charge in [-0.1, -0.05) is 17.7 Å². The predicted molar refractivity (Wildman–Crippen MR) is 99.2 cm³/mol. The summed E-state index contributed by atoms with van der Waals surface area (Å²) in [6.45, 7) is 3.52. The highest BCUT2D eigenvalue weighted by Crippen LogP contribution is 2.38. The number of aryl methyl sites for hydroxylation is 1. The van der Waals surface area contributed by atoms with Crippen LogP contribution in [0.5, 0.6) is 0 Å². The molecule has 0 saturated heterocycles. The van der Waals surface area contributed by atoms with Crippen molar-refractivity contribution in [1.29, 1.82) is 0 Å². The number of hydrogen-bond acceptors (Lipinski definition) is 4. The van der Waals surface area contributed by atoms with Crippen LogP contribution in [0.25, 0.3) is 0 Å². The first-order valence-electron chi connectivity index (χ1n) is 8.59. The minimum Gasteiger partial charge on any atom is -0.349 e. The number of sulfone groups is 1. The lowest BCUT2D eigenvalue weighted by Gasteiger charge is -2.15. The monoisotopic (exact) mass is 374 g/mol. The van der Waals surface area contributed by atoms with Gasteiger partial charge in [0.1, 0.15) is 0 Å². The van der Waals surface area contributed by atoms with E-state index in [9.17, 15) is 18.0 Å². The Morgan fingerprint density at radius 1 is 1.23 bits per heavy atom. The fourth-order valence-electron chi connectivity index (χ4n) is 2.83. The molecule has 0 spiro atoms. The standard InChI is InChI=1S/C19H22N2O4S/c1-12-3-7-16(8-4-12)26(24,25)11-13(2)20-19(23)15-9-17(14-5-6-14)21-18(22)10-15/h3-4,7-10,13-14H,5-6,11H2,1-2H3,(H,20,23)(H,21,22). The van der Waals surface area contributed by atoms with Crippen LogP contribution in [0.15, 0.2) is 46.1 Å². The SMILES string of the molecule is Cc1ccc(S(=O)(=O)CC(C)NC(=O)c2cc(C3CC3)[nH]c(=O)c2)cc1. The number of H-pyrrole nitrogens is 1. The Labute approximate surface area is 152 Å². The van der Waals surface area contributed by atoms with Gasteiger partial charge in [0.15, 0.2) is 9.84 Å². The fourth-order valence-corrected chi connectivity index (χ4v) is 4.31. The van der Waals surface area contributed by atoms with Gasteiger partial charge in [-0.2, -0.15) is 0 Å². The molecule has 138 valence electrons. The van der Waals surface area contributed by atoms with Crippen molar-refractivity contribution in [3.05, 3.63) is 63.6 Å². The third-order valence-corrected chi connectivity index (χ3v) is 6.30. The first-order valence-corrected chi connectivity index (χ1v) is 10.2. The number of rotatable bonds is 6. The normalized spacial score (nSPS) is 15.5. The van der Waals surface area contributed by atoms with Gasteiger partial charge in [-0.3, -0.25) is 9.59 Å². The van der Waals surface area contributed by atoms with Gasteiger partial charge in [0, 0.05) is 23.4 Å². The Morgan fingerprint density at radius 2 is 1.88 bits per heavy atom. The topological polar surface area (TPSA) is 96.1 Å². The molecule has 1 heterocycles. The maximum Gasteiger partial charge on any atom is 0.251 e. The number of carbonyl (C=O) groups excluding carboxylic acids is 1. The average molecular weight is 374 g/mol. The molecule has 1 unspecified atom stereocenters. The highest BCUT2D eigenvalue weighted by molar-refractivity contribution is 7.91. The lowest BCUT2D eigenvalue weighted by Crippen LogP contribution is -2.38. The van der Waals surface area contributed by atoms with Crippen molar-refractivity contribution in [1.82, 2.24) is 10.3 Å². The molecule has 3 rings (SSSR count). The fraction of sp³-hybridized carbons (Fsp3) is 0.368. The van der Waals surface area contributed by atoms with E-state index < -0.39 is 21.8 Å². The average Bonchev–Trinajstić information content (AvgIpc) is 3.39. The van der Waals surface area contributed by atoms with Gasteiger partial charge in [-0.25, -0.2) is 8.42 Å². The molecule has 1 aromatic carbocycles. The second kappa shape index (κ2) is 7.07. The van der Waals surface area contributed by atoms with Crippen LogP contribution < -0.4 is 10.9 Å². The molecule has 1 atom stereocenters. The van der Waals surface area contributed by atoms with Crippen LogP contribution >= 0.6 is 0 Å². The van der Waals surface area contributed by atoms with E-state index in [1.807, 2.05) is 6.92 Å². The molecule has 2 N–H and O–H groups in total. The number of amides is 1. The molecular weight excluding hydrogens is 352 g/mol. The molecule has 0 bridgehead atoms. The van der Waals surface area contributed by atoms with Crippen LogP contribution in [0, 0.1) is 6.92 Å². The summed E-state index contributed by atoms with van der Waals surface area (Å²) >= 11 is 0. The molecule has 1 aliphatic rings. The molecule has 26 heavy (non-hydrogen) atoms. The lowest BCUT2D eigenvalue weighted by molar-refractivity contribution is 0.0943. The third-order valence-electron chi connectivity index (χ3n) is 4.37. The van der Waals surface area contributed by atoms with Crippen molar-refractivity contribution in [2.24, 2.45) is 0 Å². The van der Waals surface area contributed by atoms with E-state index in [-0.39, 0.29) is 21.8 Å². The first-order chi connectivity index (χ1) is 12.2. The van der Waals surface area contributed by atoms with Gasteiger partial charge in [0.25, 0.3) is 5.91 Å². The number of aromatic nitrogens is 1. The molecule has 1 fully saturated rings. The van der Waals surface area contributed by atoms with Crippen LogP contribution in [0.4, 0.5) is 0 Å². The number of hydrogen-bond donors (Lipinski definition) is 2. The maximum atomic E-state index is 12.5. The molecule has 0 radical (unpaired) electrons. The maximum absolute atomic E-state index is 12.5. The summed E-state index contributed by atoms with van der Waals surface area (Å²) < 4.78 is 24.9. The second-order valence-electron chi connectivity index (χ2n) is 6.93. The van der Waals surface area contributed by atoms with Gasteiger partial charge in [-0.15, -0.1) is 0 Å². The van der Waals surface area contributed by atoms with Crippen molar-refractivity contribution in [2.75, 3.05) is 5.75 Å². The minimum absolute atomic E-state index is 0.208. The zero-order chi connectivity index (χ0) is 18.9. The molecule has 1 amide bonds. The number of carbonyl (C=O) groups is 1. The van der Waals surface area contributed by atoms with Gasteiger partial charge in [0.05, 0.1) is 10.6 Å². The smallest absolute Gasteiger partial charge is 0.251 e. The van der Waals surface area contributed by atoms with Gasteiger partial charge < -0.3 is 10.3 Å². The van der Waals surface area contributed by atoms with Crippen LogP contribution in [0.2, 0.25) is 0 Å². The molecule has 1 aliphatic carbocycles. The largest absolute Gasteiger partial charge is 0.349 e. The van der Waals surface area contributed by atoms with Gasteiger partial charge in [-0.05, 0) is 50.8 Å². The van der Waals surface area contributed by atoms with Gasteiger partial charge in [0.2, 0.25) is 5.56 Å². The van der Waals surface area contributed by atoms with Crippen molar-refractivity contribution >= 4 is 15.7 Å². The summed E-state index contributed by atoms with van der Waals surface area (Å²) in [5.41, 5.74) is 1.68. The summed E-state index contributed by atoms with van der Waals surface area (Å²) in [5.74, 6) is -0.333. The van der Waals surface area contributed by atoms with E-state index in [1.165, 1.54) is 6.07 Å². The van der Waals surface area contributed by atoms with E-state index in [1.54, 1.807) is 37.3 Å². The Balaban J connectivity index is 1.69. The Hall–Kier alpha value is -2.41.